The molecule has 0 fully saturated rings. The van der Waals surface area contributed by atoms with Gasteiger partial charge >= 0.3 is 0 Å². The summed E-state index contributed by atoms with van der Waals surface area (Å²) in [5.41, 5.74) is 3.70. The Bertz CT molecular complexity index is 376. The Hall–Kier alpha value is -0.940. The minimum atomic E-state index is 0.894. The van der Waals surface area contributed by atoms with Crippen molar-refractivity contribution >= 4 is 21.6 Å². The molecule has 1 N–H and O–H groups in total. The van der Waals surface area contributed by atoms with Crippen molar-refractivity contribution in [1.29, 1.82) is 0 Å². The standard InChI is InChI=1S/C13H16BrN/c1-4-5-6-7-15-12-8-10(2)13(14)11(3)9-12/h8-9,15H,6-7H2,1-3H3. The number of benzene rings is 1. The van der Waals surface area contributed by atoms with Gasteiger partial charge in [-0.3, -0.25) is 0 Å². The Morgan fingerprint density at radius 1 is 1.27 bits per heavy atom. The van der Waals surface area contributed by atoms with Crippen molar-refractivity contribution in [2.45, 2.75) is 27.2 Å². The molecule has 0 radical (unpaired) electrons. The quantitative estimate of drug-likeness (QED) is 0.646. The first-order valence-electron chi connectivity index (χ1n) is 5.05. The molecule has 0 atom stereocenters. The average molecular weight is 266 g/mol. The van der Waals surface area contributed by atoms with E-state index in [0.717, 1.165) is 13.0 Å². The van der Waals surface area contributed by atoms with Crippen LogP contribution in [-0.4, -0.2) is 6.54 Å². The highest BCUT2D eigenvalue weighted by Crippen LogP contribution is 2.24. The maximum Gasteiger partial charge on any atom is 0.0346 e. The number of anilines is 1. The van der Waals surface area contributed by atoms with Gasteiger partial charge in [-0.05, 0) is 44.0 Å². The van der Waals surface area contributed by atoms with Gasteiger partial charge < -0.3 is 5.32 Å². The van der Waals surface area contributed by atoms with Gasteiger partial charge in [0.15, 0.2) is 0 Å². The van der Waals surface area contributed by atoms with E-state index < -0.39 is 0 Å². The van der Waals surface area contributed by atoms with E-state index in [1.165, 1.54) is 21.3 Å². The van der Waals surface area contributed by atoms with E-state index in [1.807, 2.05) is 6.92 Å². The van der Waals surface area contributed by atoms with E-state index in [-0.39, 0.29) is 0 Å². The molecule has 0 heterocycles. The van der Waals surface area contributed by atoms with Crippen LogP contribution in [0.15, 0.2) is 16.6 Å². The number of halogens is 1. The first kappa shape index (κ1) is 12.1. The molecule has 2 heteroatoms. The van der Waals surface area contributed by atoms with Crippen LogP contribution in [0.4, 0.5) is 5.69 Å². The first-order valence-corrected chi connectivity index (χ1v) is 5.84. The summed E-state index contributed by atoms with van der Waals surface area (Å²) >= 11 is 3.56. The van der Waals surface area contributed by atoms with Gasteiger partial charge in [0.05, 0.1) is 0 Å². The van der Waals surface area contributed by atoms with E-state index in [1.54, 1.807) is 0 Å². The predicted molar refractivity (Wildman–Crippen MR) is 70.2 cm³/mol. The van der Waals surface area contributed by atoms with Crippen LogP contribution in [0.25, 0.3) is 0 Å². The molecule has 0 saturated heterocycles. The zero-order valence-corrected chi connectivity index (χ0v) is 11.0. The average Bonchev–Trinajstić information content (AvgIpc) is 2.21. The lowest BCUT2D eigenvalue weighted by Crippen LogP contribution is -2.01. The van der Waals surface area contributed by atoms with Crippen molar-refractivity contribution in [3.63, 3.8) is 0 Å². The predicted octanol–water partition coefficient (Wildman–Crippen LogP) is 3.89. The summed E-state index contributed by atoms with van der Waals surface area (Å²) in [6, 6.07) is 4.30. The second kappa shape index (κ2) is 5.82. The summed E-state index contributed by atoms with van der Waals surface area (Å²) in [7, 11) is 0. The molecule has 0 saturated carbocycles. The molecule has 1 aromatic rings. The van der Waals surface area contributed by atoms with Gasteiger partial charge in [-0.1, -0.05) is 15.9 Å². The Kier molecular flexibility index (Phi) is 4.71. The lowest BCUT2D eigenvalue weighted by Gasteiger charge is -2.09. The zero-order chi connectivity index (χ0) is 11.3. The number of aryl methyl sites for hydroxylation is 2. The highest BCUT2D eigenvalue weighted by Gasteiger charge is 2.01. The highest BCUT2D eigenvalue weighted by atomic mass is 79.9. The Morgan fingerprint density at radius 3 is 2.40 bits per heavy atom. The van der Waals surface area contributed by atoms with E-state index in [2.05, 4.69) is 59.1 Å². The molecule has 1 aromatic carbocycles. The zero-order valence-electron chi connectivity index (χ0n) is 9.45. The summed E-state index contributed by atoms with van der Waals surface area (Å²) in [6.07, 6.45) is 0.894. The third-order valence-corrected chi connectivity index (χ3v) is 3.44. The van der Waals surface area contributed by atoms with Crippen LogP contribution in [0.5, 0.6) is 0 Å². The van der Waals surface area contributed by atoms with E-state index in [9.17, 15) is 0 Å². The highest BCUT2D eigenvalue weighted by molar-refractivity contribution is 9.10. The van der Waals surface area contributed by atoms with Crippen molar-refractivity contribution in [2.75, 3.05) is 11.9 Å². The third-order valence-electron chi connectivity index (χ3n) is 2.19. The molecule has 0 aliphatic heterocycles. The number of rotatable bonds is 3. The van der Waals surface area contributed by atoms with Crippen LogP contribution in [0.3, 0.4) is 0 Å². The monoisotopic (exact) mass is 265 g/mol. The van der Waals surface area contributed by atoms with Gasteiger partial charge in [0.1, 0.15) is 0 Å². The Balaban J connectivity index is 2.65. The lowest BCUT2D eigenvalue weighted by atomic mass is 10.1. The number of hydrogen-bond acceptors (Lipinski definition) is 1. The van der Waals surface area contributed by atoms with Crippen molar-refractivity contribution < 1.29 is 0 Å². The van der Waals surface area contributed by atoms with Gasteiger partial charge in [0.25, 0.3) is 0 Å². The lowest BCUT2D eigenvalue weighted by molar-refractivity contribution is 1.09. The molecule has 1 rings (SSSR count). The topological polar surface area (TPSA) is 12.0 Å². The first-order chi connectivity index (χ1) is 7.15. The van der Waals surface area contributed by atoms with Gasteiger partial charge in [-0.25, -0.2) is 0 Å². The molecule has 0 amide bonds. The van der Waals surface area contributed by atoms with Crippen molar-refractivity contribution in [2.24, 2.45) is 0 Å². The van der Waals surface area contributed by atoms with Gasteiger partial charge in [-0.15, -0.1) is 11.8 Å². The summed E-state index contributed by atoms with van der Waals surface area (Å²) in [5.74, 6) is 5.93. The van der Waals surface area contributed by atoms with Crippen molar-refractivity contribution in [1.82, 2.24) is 0 Å². The molecule has 0 aliphatic carbocycles. The molecule has 15 heavy (non-hydrogen) atoms. The molecule has 0 aliphatic rings. The van der Waals surface area contributed by atoms with Crippen LogP contribution < -0.4 is 5.32 Å². The van der Waals surface area contributed by atoms with E-state index in [0.29, 0.717) is 0 Å². The van der Waals surface area contributed by atoms with Crippen molar-refractivity contribution in [3.8, 4) is 11.8 Å². The van der Waals surface area contributed by atoms with Crippen LogP contribution >= 0.6 is 15.9 Å². The minimum Gasteiger partial charge on any atom is -0.384 e. The molecular weight excluding hydrogens is 250 g/mol. The molecule has 0 spiro atoms. The maximum atomic E-state index is 3.56. The number of hydrogen-bond donors (Lipinski definition) is 1. The third kappa shape index (κ3) is 3.60. The minimum absolute atomic E-state index is 0.894. The fraction of sp³-hybridized carbons (Fsp3) is 0.385. The molecule has 0 unspecified atom stereocenters. The van der Waals surface area contributed by atoms with Crippen molar-refractivity contribution in [3.05, 3.63) is 27.7 Å². The van der Waals surface area contributed by atoms with E-state index in [4.69, 9.17) is 0 Å². The summed E-state index contributed by atoms with van der Waals surface area (Å²) < 4.78 is 1.20. The van der Waals surface area contributed by atoms with Gasteiger partial charge in [0, 0.05) is 23.1 Å². The molecule has 0 aromatic heterocycles. The van der Waals surface area contributed by atoms with Crippen LogP contribution in [0, 0.1) is 25.7 Å². The summed E-state index contributed by atoms with van der Waals surface area (Å²) in [4.78, 5) is 0. The fourth-order valence-electron chi connectivity index (χ4n) is 1.44. The fourth-order valence-corrected chi connectivity index (χ4v) is 1.67. The Morgan fingerprint density at radius 2 is 1.87 bits per heavy atom. The van der Waals surface area contributed by atoms with Crippen LogP contribution in [-0.2, 0) is 0 Å². The number of nitrogens with one attached hydrogen (secondary N) is 1. The summed E-state index contributed by atoms with van der Waals surface area (Å²) in [6.45, 7) is 6.98. The SMILES string of the molecule is CC#CCCNc1cc(C)c(Br)c(C)c1. The van der Waals surface area contributed by atoms with Gasteiger partial charge in [-0.2, -0.15) is 0 Å². The van der Waals surface area contributed by atoms with Crippen LogP contribution in [0.1, 0.15) is 24.5 Å². The van der Waals surface area contributed by atoms with Crippen LogP contribution in [0.2, 0.25) is 0 Å². The molecular formula is C13H16BrN. The molecule has 0 bridgehead atoms. The maximum absolute atomic E-state index is 3.56. The largest absolute Gasteiger partial charge is 0.384 e. The second-order valence-corrected chi connectivity index (χ2v) is 4.32. The normalized spacial score (nSPS) is 9.33. The second-order valence-electron chi connectivity index (χ2n) is 3.53. The van der Waals surface area contributed by atoms with E-state index >= 15 is 0 Å². The summed E-state index contributed by atoms with van der Waals surface area (Å²) in [5, 5.41) is 3.36. The molecule has 1 nitrogen and oxygen atoms in total. The smallest absolute Gasteiger partial charge is 0.0346 e. The van der Waals surface area contributed by atoms with Gasteiger partial charge in [0.2, 0.25) is 0 Å². The molecule has 80 valence electrons. The Labute approximate surface area is 100 Å².